The first-order chi connectivity index (χ1) is 18.8. The zero-order valence-electron chi connectivity index (χ0n) is 19.3. The van der Waals surface area contributed by atoms with Crippen molar-refractivity contribution in [2.75, 3.05) is 0 Å². The van der Waals surface area contributed by atoms with Crippen molar-refractivity contribution in [3.63, 3.8) is 0 Å². The van der Waals surface area contributed by atoms with Crippen molar-refractivity contribution >= 4 is 0 Å². The zero-order chi connectivity index (χ0) is 32.5. The van der Waals surface area contributed by atoms with Crippen LogP contribution in [0.5, 0.6) is 11.5 Å². The normalized spacial score (nSPS) is 27.6. The second kappa shape index (κ2) is 9.89. The van der Waals surface area contributed by atoms with Gasteiger partial charge in [-0.25, -0.2) is 30.7 Å². The Bertz CT molecular complexity index is 1420. The average Bonchev–Trinajstić information content (AvgIpc) is 2.82. The summed E-state index contributed by atoms with van der Waals surface area (Å²) >= 11 is 0. The van der Waals surface area contributed by atoms with Gasteiger partial charge in [-0.2, -0.15) is 43.9 Å². The van der Waals surface area contributed by atoms with E-state index in [1.165, 1.54) is 0 Å². The smallest absolute Gasteiger partial charge is 0.432 e. The Labute approximate surface area is 220 Å². The van der Waals surface area contributed by atoms with Crippen molar-refractivity contribution in [3.05, 3.63) is 70.1 Å². The molecule has 2 aliphatic carbocycles. The van der Waals surface area contributed by atoms with E-state index in [4.69, 9.17) is 11.5 Å². The predicted octanol–water partition coefficient (Wildman–Crippen LogP) is 7.03. The van der Waals surface area contributed by atoms with Crippen LogP contribution in [0.15, 0.2) is 52.9 Å². The first-order valence-corrected chi connectivity index (χ1v) is 10.3. The second-order valence-electron chi connectivity index (χ2n) is 8.37. The third-order valence-corrected chi connectivity index (χ3v) is 5.67. The predicted molar refractivity (Wildman–Crippen MR) is 103 cm³/mol. The highest BCUT2D eigenvalue weighted by molar-refractivity contribution is 5.48. The van der Waals surface area contributed by atoms with Crippen molar-refractivity contribution in [2.45, 2.75) is 42.1 Å². The third-order valence-electron chi connectivity index (χ3n) is 5.67. The molecule has 0 aliphatic heterocycles. The van der Waals surface area contributed by atoms with Gasteiger partial charge < -0.3 is 20.9 Å². The van der Waals surface area contributed by atoms with E-state index in [0.717, 1.165) is 0 Å². The zero-order valence-corrected chi connectivity index (χ0v) is 19.3. The Morgan fingerprint density at radius 1 is 0.595 bits per heavy atom. The first kappa shape index (κ1) is 32.7. The fourth-order valence-electron chi connectivity index (χ4n) is 3.52. The van der Waals surface area contributed by atoms with E-state index in [9.17, 15) is 74.6 Å². The summed E-state index contributed by atoms with van der Waals surface area (Å²) in [5, 5.41) is 0. The molecule has 3 rings (SSSR count). The number of alkyl halides is 11. The van der Waals surface area contributed by atoms with Gasteiger partial charge in [-0.15, -0.1) is 0 Å². The number of ether oxygens (including phenoxy) is 2. The minimum absolute atomic E-state index is 0.531. The van der Waals surface area contributed by atoms with Crippen molar-refractivity contribution in [1.82, 2.24) is 0 Å². The highest BCUT2D eigenvalue weighted by Crippen LogP contribution is 2.49. The molecule has 4 unspecified atom stereocenters. The summed E-state index contributed by atoms with van der Waals surface area (Å²) in [6.45, 7) is 0. The Morgan fingerprint density at radius 2 is 0.952 bits per heavy atom. The number of hydrogen-bond donors (Lipinski definition) is 2. The Hall–Kier alpha value is -3.81. The molecule has 0 spiro atoms. The monoisotopic (exact) mass is 644 g/mol. The summed E-state index contributed by atoms with van der Waals surface area (Å²) < 4.78 is 241. The summed E-state index contributed by atoms with van der Waals surface area (Å²) in [6, 6.07) is -0.531. The Balaban J connectivity index is 2.15. The van der Waals surface area contributed by atoms with Gasteiger partial charge in [0.05, 0.1) is 11.4 Å². The lowest BCUT2D eigenvalue weighted by Gasteiger charge is -2.32. The maximum atomic E-state index is 14.5. The van der Waals surface area contributed by atoms with Crippen LogP contribution in [0, 0.1) is 11.6 Å². The summed E-state index contributed by atoms with van der Waals surface area (Å²) in [5.74, 6) is -20.9. The van der Waals surface area contributed by atoms with Gasteiger partial charge in [0.2, 0.25) is 18.0 Å². The largest absolute Gasteiger partial charge is 0.475 e. The maximum absolute atomic E-state index is 14.5. The van der Waals surface area contributed by atoms with Gasteiger partial charge in [-0.05, 0) is 0 Å². The lowest BCUT2D eigenvalue weighted by atomic mass is 9.92. The van der Waals surface area contributed by atoms with Crippen LogP contribution in [-0.4, -0.2) is 35.9 Å². The maximum Gasteiger partial charge on any atom is 0.432 e. The molecule has 234 valence electrons. The topological polar surface area (TPSA) is 70.5 Å². The molecule has 42 heavy (non-hydrogen) atoms. The average molecular weight is 644 g/mol. The summed E-state index contributed by atoms with van der Waals surface area (Å²) in [4.78, 5) is 0. The molecule has 1 aromatic carbocycles. The van der Waals surface area contributed by atoms with Gasteiger partial charge in [-0.3, -0.25) is 0 Å². The van der Waals surface area contributed by atoms with Crippen LogP contribution < -0.4 is 20.9 Å². The molecule has 21 heteroatoms. The molecule has 0 saturated heterocycles. The van der Waals surface area contributed by atoms with Crippen molar-refractivity contribution in [1.29, 1.82) is 0 Å². The van der Waals surface area contributed by atoms with E-state index in [1.54, 1.807) is 0 Å². The van der Waals surface area contributed by atoms with Crippen LogP contribution in [0.2, 0.25) is 0 Å². The van der Waals surface area contributed by atoms with Crippen LogP contribution in [0.1, 0.15) is 5.56 Å². The van der Waals surface area contributed by atoms with Crippen LogP contribution in [-0.2, 0) is 6.18 Å². The van der Waals surface area contributed by atoms with Gasteiger partial charge in [-0.1, -0.05) is 0 Å². The van der Waals surface area contributed by atoms with Gasteiger partial charge in [0.25, 0.3) is 11.3 Å². The van der Waals surface area contributed by atoms with Gasteiger partial charge >= 0.3 is 18.5 Å². The van der Waals surface area contributed by atoms with Crippen molar-refractivity contribution in [2.24, 2.45) is 11.5 Å². The van der Waals surface area contributed by atoms with Gasteiger partial charge in [0.15, 0.2) is 23.2 Å². The molecular weight excluding hydrogens is 635 g/mol. The number of allylic oxidation sites excluding steroid dienone is 2. The van der Waals surface area contributed by atoms with E-state index in [0.29, 0.717) is 0 Å². The summed E-state index contributed by atoms with van der Waals surface area (Å²) in [6.07, 6.45) is -27.1. The molecule has 0 radical (unpaired) electrons. The highest BCUT2D eigenvalue weighted by atomic mass is 19.4. The third kappa shape index (κ3) is 5.05. The van der Waals surface area contributed by atoms with Gasteiger partial charge in [0, 0.05) is 18.2 Å². The molecule has 2 aliphatic rings. The molecular formula is C21H9F17N2O2. The lowest BCUT2D eigenvalue weighted by Crippen LogP contribution is -2.48. The van der Waals surface area contributed by atoms with Gasteiger partial charge in [0.1, 0.15) is 23.0 Å². The molecule has 1 aromatic rings. The molecule has 4 N–H and O–H groups in total. The molecule has 0 aromatic heterocycles. The minimum Gasteiger partial charge on any atom is -0.475 e. The lowest BCUT2D eigenvalue weighted by molar-refractivity contribution is -0.201. The Kier molecular flexibility index (Phi) is 7.70. The number of nitrogens with two attached hydrogens (primary N) is 2. The minimum atomic E-state index is -6.13. The molecule has 4 atom stereocenters. The van der Waals surface area contributed by atoms with Crippen molar-refractivity contribution < 1.29 is 84.1 Å². The van der Waals surface area contributed by atoms with Crippen LogP contribution in [0.4, 0.5) is 74.6 Å². The van der Waals surface area contributed by atoms with E-state index in [-0.39, 0.29) is 0 Å². The van der Waals surface area contributed by atoms with E-state index in [1.807, 2.05) is 0 Å². The standard InChI is InChI=1S/C21H9F17N2O2/c22-4-2-17(28,20(33,34)35)15(39)11(26)13(4)41-6-1-7(9(24)10(25)8(6)19(30,31)32)42-14-5(23)3-18(29,21(36,37)38)16(40)12(14)27/h1-3,13-14H,39-40H2. The van der Waals surface area contributed by atoms with Crippen LogP contribution in [0.25, 0.3) is 0 Å². The summed E-state index contributed by atoms with van der Waals surface area (Å²) in [5.41, 5.74) is -8.45. The molecule has 0 fully saturated rings. The molecule has 0 heterocycles. The fraction of sp³-hybridized carbons (Fsp3) is 0.333. The van der Waals surface area contributed by atoms with Crippen molar-refractivity contribution in [3.8, 4) is 11.5 Å². The van der Waals surface area contributed by atoms with Crippen LogP contribution in [0.3, 0.4) is 0 Å². The highest BCUT2D eigenvalue weighted by Gasteiger charge is 2.62. The number of hydrogen-bond acceptors (Lipinski definition) is 4. The molecule has 0 saturated carbocycles. The van der Waals surface area contributed by atoms with Crippen LogP contribution >= 0.6 is 0 Å². The van der Waals surface area contributed by atoms with E-state index >= 15 is 0 Å². The second-order valence-corrected chi connectivity index (χ2v) is 8.37. The number of rotatable bonds is 4. The summed E-state index contributed by atoms with van der Waals surface area (Å²) in [7, 11) is 0. The number of halogens is 17. The fourth-order valence-corrected chi connectivity index (χ4v) is 3.52. The molecule has 0 bridgehead atoms. The SMILES string of the molecule is NC1=C(F)C(Oc2cc(OC3C(F)=CC(F)(C(F)(F)F)C(N)=C3F)c(C(F)(F)F)c(F)c2F)C(F)=CC1(F)C(F)(F)F. The quantitative estimate of drug-likeness (QED) is 0.346. The molecule has 4 nitrogen and oxygen atoms in total. The Morgan fingerprint density at radius 3 is 1.29 bits per heavy atom. The number of benzene rings is 1. The molecule has 0 amide bonds. The first-order valence-electron chi connectivity index (χ1n) is 10.3. The van der Waals surface area contributed by atoms with E-state index in [2.05, 4.69) is 9.47 Å². The van der Waals surface area contributed by atoms with E-state index < -0.39 is 124 Å².